The third-order valence-electron chi connectivity index (χ3n) is 11.2. The number of benzene rings is 2. The summed E-state index contributed by atoms with van der Waals surface area (Å²) in [5, 5.41) is 0. The highest BCUT2D eigenvalue weighted by molar-refractivity contribution is 7.92. The number of hydrogen-bond donors (Lipinski definition) is 1. The molecule has 4 heterocycles. The molecule has 1 unspecified atom stereocenters. The van der Waals surface area contributed by atoms with Crippen LogP contribution in [0.1, 0.15) is 90.7 Å². The minimum atomic E-state index is -4.16. The Bertz CT molecular complexity index is 2060. The maximum atomic E-state index is 14.9. The quantitative estimate of drug-likeness (QED) is 0.240. The fourth-order valence-electron chi connectivity index (χ4n) is 8.71. The number of ether oxygens (including phenoxy) is 2. The van der Waals surface area contributed by atoms with Crippen LogP contribution in [-0.4, -0.2) is 70.6 Å². The zero-order valence-electron chi connectivity index (χ0n) is 29.5. The Morgan fingerprint density at radius 1 is 0.980 bits per heavy atom. The number of aryl methyl sites for hydroxylation is 2. The van der Waals surface area contributed by atoms with Gasteiger partial charge in [0.1, 0.15) is 12.4 Å². The van der Waals surface area contributed by atoms with Gasteiger partial charge in [0.25, 0.3) is 15.9 Å². The van der Waals surface area contributed by atoms with E-state index >= 15 is 0 Å². The predicted octanol–water partition coefficient (Wildman–Crippen LogP) is 6.44. The lowest BCUT2D eigenvalue weighted by atomic mass is 9.41. The lowest BCUT2D eigenvalue weighted by Gasteiger charge is -2.72. The molecular weight excluding hydrogens is 665 g/mol. The molecule has 266 valence electrons. The molecule has 2 atom stereocenters. The first-order chi connectivity index (χ1) is 24.5. The average Bonchev–Trinajstić information content (AvgIpc) is 3.08. The summed E-state index contributed by atoms with van der Waals surface area (Å²) >= 11 is 0. The summed E-state index contributed by atoms with van der Waals surface area (Å²) in [5.74, 6) is 1.64. The number of nitrogens with one attached hydrogen (secondary N) is 1. The number of hydrogen-bond acceptors (Lipinski definition) is 9. The number of anilines is 1. The molecule has 1 saturated heterocycles. The summed E-state index contributed by atoms with van der Waals surface area (Å²) in [6, 6.07) is 13.6. The van der Waals surface area contributed by atoms with E-state index in [1.165, 1.54) is 12.1 Å². The van der Waals surface area contributed by atoms with Gasteiger partial charge in [-0.2, -0.15) is 4.98 Å². The van der Waals surface area contributed by atoms with Crippen molar-refractivity contribution >= 4 is 21.9 Å². The van der Waals surface area contributed by atoms with Gasteiger partial charge >= 0.3 is 0 Å². The Balaban J connectivity index is 1.21. The fourth-order valence-corrected chi connectivity index (χ4v) is 9.70. The summed E-state index contributed by atoms with van der Waals surface area (Å²) in [5.41, 5.74) is 4.33. The van der Waals surface area contributed by atoms with Crippen LogP contribution in [0.4, 0.5) is 5.95 Å². The highest BCUT2D eigenvalue weighted by Gasteiger charge is 2.71. The zero-order valence-corrected chi connectivity index (χ0v) is 30.3. The molecule has 4 fully saturated rings. The zero-order chi connectivity index (χ0) is 35.5. The van der Waals surface area contributed by atoms with E-state index in [0.717, 1.165) is 67.0 Å². The van der Waals surface area contributed by atoms with Gasteiger partial charge in [0.05, 0.1) is 22.2 Å². The number of aromatic nitrogens is 4. The van der Waals surface area contributed by atoms with Crippen LogP contribution < -0.4 is 9.46 Å². The molecule has 1 N–H and O–H groups in total. The molecule has 9 rings (SSSR count). The van der Waals surface area contributed by atoms with Crippen molar-refractivity contribution in [3.05, 3.63) is 89.0 Å². The summed E-state index contributed by atoms with van der Waals surface area (Å²) in [7, 11) is -4.16. The Hall–Kier alpha value is -4.42. The maximum absolute atomic E-state index is 14.9. The maximum Gasteiger partial charge on any atom is 0.264 e. The predicted molar refractivity (Wildman–Crippen MR) is 192 cm³/mol. The fraction of sp³-hybridized carbons (Fsp3) is 0.462. The normalized spacial score (nSPS) is 25.7. The summed E-state index contributed by atoms with van der Waals surface area (Å²) in [6.45, 7) is 9.93. The molecule has 2 aromatic heterocycles. The number of carbonyl (C=O) groups is 1. The van der Waals surface area contributed by atoms with E-state index in [2.05, 4.69) is 28.5 Å². The van der Waals surface area contributed by atoms with Crippen molar-refractivity contribution in [1.29, 1.82) is 0 Å². The SMILES string of the molecule is Cc1cccc(C)c1-c1cc2nc(n1)NS(=O)(=O)c1cccc(c1)C(=O)N(C13CC(C1)C3c1ncc(C3CCOCC3)cn1)[C@H](CC(C)C)CO2. The molecule has 3 aliphatic carbocycles. The summed E-state index contributed by atoms with van der Waals surface area (Å²) in [6.07, 6.45) is 8.17. The second-order valence-electron chi connectivity index (χ2n) is 15.1. The van der Waals surface area contributed by atoms with Gasteiger partial charge in [0, 0.05) is 48.7 Å². The number of rotatable bonds is 6. The van der Waals surface area contributed by atoms with Crippen LogP contribution >= 0.6 is 0 Å². The van der Waals surface area contributed by atoms with Gasteiger partial charge < -0.3 is 14.4 Å². The third kappa shape index (κ3) is 6.05. The molecule has 1 amide bonds. The van der Waals surface area contributed by atoms with Crippen LogP contribution in [0.5, 0.6) is 5.88 Å². The molecule has 0 spiro atoms. The molecule has 51 heavy (non-hydrogen) atoms. The Morgan fingerprint density at radius 3 is 2.35 bits per heavy atom. The van der Waals surface area contributed by atoms with Crippen molar-refractivity contribution in [2.24, 2.45) is 11.8 Å². The van der Waals surface area contributed by atoms with Crippen molar-refractivity contribution in [3.63, 3.8) is 0 Å². The van der Waals surface area contributed by atoms with Crippen LogP contribution in [0.2, 0.25) is 0 Å². The van der Waals surface area contributed by atoms with Gasteiger partial charge in [-0.15, -0.1) is 0 Å². The smallest absolute Gasteiger partial charge is 0.264 e. The van der Waals surface area contributed by atoms with E-state index in [4.69, 9.17) is 19.4 Å². The summed E-state index contributed by atoms with van der Waals surface area (Å²) in [4.78, 5) is 35.9. The van der Waals surface area contributed by atoms with Crippen LogP contribution in [0.25, 0.3) is 11.3 Å². The van der Waals surface area contributed by atoms with E-state index in [1.807, 2.05) is 49.3 Å². The second kappa shape index (κ2) is 13.0. The number of nitrogens with zero attached hydrogens (tertiary/aromatic N) is 5. The molecule has 6 bridgehead atoms. The Labute approximate surface area is 299 Å². The van der Waals surface area contributed by atoms with E-state index in [0.29, 0.717) is 29.5 Å². The number of fused-ring (bicyclic) bond motifs is 4. The van der Waals surface area contributed by atoms with E-state index < -0.39 is 15.6 Å². The topological polar surface area (TPSA) is 136 Å². The molecule has 12 heteroatoms. The first-order valence-corrected chi connectivity index (χ1v) is 19.5. The van der Waals surface area contributed by atoms with Crippen molar-refractivity contribution in [2.45, 2.75) is 88.1 Å². The number of carbonyl (C=O) groups excluding carboxylic acids is 1. The molecule has 11 nitrogen and oxygen atoms in total. The van der Waals surface area contributed by atoms with Crippen LogP contribution in [0.15, 0.2) is 65.8 Å². The van der Waals surface area contributed by atoms with Crippen molar-refractivity contribution in [1.82, 2.24) is 24.8 Å². The van der Waals surface area contributed by atoms with E-state index in [1.54, 1.807) is 18.2 Å². The number of sulfonamides is 1. The highest BCUT2D eigenvalue weighted by atomic mass is 32.2. The van der Waals surface area contributed by atoms with Gasteiger partial charge in [0.2, 0.25) is 11.8 Å². The van der Waals surface area contributed by atoms with Crippen LogP contribution in [-0.2, 0) is 14.8 Å². The van der Waals surface area contributed by atoms with Gasteiger partial charge in [-0.05, 0) is 98.6 Å². The van der Waals surface area contributed by atoms with Crippen molar-refractivity contribution in [2.75, 3.05) is 24.5 Å². The Kier molecular flexibility index (Phi) is 8.57. The van der Waals surface area contributed by atoms with Crippen LogP contribution in [0, 0.1) is 25.7 Å². The highest BCUT2D eigenvalue weighted by Crippen LogP contribution is 2.69. The molecule has 2 aromatic carbocycles. The van der Waals surface area contributed by atoms with Gasteiger partial charge in [0.15, 0.2) is 0 Å². The largest absolute Gasteiger partial charge is 0.475 e. The molecule has 0 radical (unpaired) electrons. The minimum Gasteiger partial charge on any atom is -0.475 e. The lowest BCUT2D eigenvalue weighted by molar-refractivity contribution is -0.172. The van der Waals surface area contributed by atoms with Gasteiger partial charge in [-0.3, -0.25) is 4.79 Å². The second-order valence-corrected chi connectivity index (χ2v) is 16.8. The standard InChI is InChI=1S/C39H44N6O5S/c1-23(2)15-30-22-50-33-17-32(34-24(3)7-5-8-25(34)4)42-38(43-33)44-51(47,48)31-10-6-9-27(16-31)37(46)45(30)39-18-28(19-39)35(39)36-40-20-29(21-41-36)26-11-13-49-14-12-26/h5-10,16-17,20-21,23,26,28,30,35H,11-15,18-19,22H2,1-4H3,(H,42,43,44)/t28?,30-,35?,39?/m1/s1. The third-order valence-corrected chi connectivity index (χ3v) is 12.6. The lowest BCUT2D eigenvalue weighted by Crippen LogP contribution is -2.77. The van der Waals surface area contributed by atoms with Gasteiger partial charge in [-0.1, -0.05) is 38.1 Å². The van der Waals surface area contributed by atoms with E-state index in [-0.39, 0.29) is 47.1 Å². The van der Waals surface area contributed by atoms with Crippen LogP contribution in [0.3, 0.4) is 0 Å². The molecular formula is C39H44N6O5S. The first-order valence-electron chi connectivity index (χ1n) is 18.0. The van der Waals surface area contributed by atoms with Crippen molar-refractivity contribution in [3.8, 4) is 17.1 Å². The summed E-state index contributed by atoms with van der Waals surface area (Å²) < 4.78 is 42.3. The average molecular weight is 709 g/mol. The first kappa shape index (κ1) is 33.7. The number of amides is 1. The monoisotopic (exact) mass is 708 g/mol. The molecule has 5 aliphatic rings. The van der Waals surface area contributed by atoms with Gasteiger partial charge in [-0.25, -0.2) is 28.1 Å². The Morgan fingerprint density at radius 2 is 1.69 bits per heavy atom. The molecule has 2 aliphatic heterocycles. The van der Waals surface area contributed by atoms with Crippen molar-refractivity contribution < 1.29 is 22.7 Å². The minimum absolute atomic E-state index is 0.0228. The molecule has 3 saturated carbocycles. The molecule has 4 aromatic rings. The van der Waals surface area contributed by atoms with E-state index in [9.17, 15) is 13.2 Å².